The van der Waals surface area contributed by atoms with Crippen LogP contribution in [0.5, 0.6) is 0 Å². The maximum absolute atomic E-state index is 13.0. The molecule has 0 amide bonds. The van der Waals surface area contributed by atoms with Crippen LogP contribution in [0, 0.1) is 6.92 Å². The van der Waals surface area contributed by atoms with Crippen LogP contribution in [-0.4, -0.2) is 23.4 Å². The zero-order valence-electron chi connectivity index (χ0n) is 15.0. The van der Waals surface area contributed by atoms with Gasteiger partial charge in [0.25, 0.3) is 20.0 Å². The van der Waals surface area contributed by atoms with Crippen molar-refractivity contribution in [3.8, 4) is 0 Å². The Balaban J connectivity index is 1.71. The van der Waals surface area contributed by atoms with Gasteiger partial charge in [0.1, 0.15) is 8.42 Å². The van der Waals surface area contributed by atoms with Crippen LogP contribution in [0.4, 0.5) is 11.4 Å². The number of aryl methyl sites for hydroxylation is 2. The summed E-state index contributed by atoms with van der Waals surface area (Å²) in [4.78, 5) is 0.902. The van der Waals surface area contributed by atoms with Gasteiger partial charge in [0.2, 0.25) is 0 Å². The molecule has 0 saturated carbocycles. The fraction of sp³-hybridized carbons (Fsp3) is 0.222. The summed E-state index contributed by atoms with van der Waals surface area (Å²) < 4.78 is 55.8. The van der Waals surface area contributed by atoms with E-state index in [1.54, 1.807) is 47.8 Å². The number of hydrogen-bond donors (Lipinski definition) is 1. The van der Waals surface area contributed by atoms with E-state index in [4.69, 9.17) is 0 Å². The van der Waals surface area contributed by atoms with Crippen molar-refractivity contribution >= 4 is 54.1 Å². The molecule has 0 aliphatic carbocycles. The fourth-order valence-electron chi connectivity index (χ4n) is 3.13. The van der Waals surface area contributed by atoms with Gasteiger partial charge in [-0.3, -0.25) is 9.03 Å². The number of nitrogens with one attached hydrogen (secondary N) is 1. The molecule has 28 heavy (non-hydrogen) atoms. The number of hydrogen-bond acceptors (Lipinski definition) is 6. The van der Waals surface area contributed by atoms with E-state index in [1.165, 1.54) is 27.0 Å². The monoisotopic (exact) mass is 454 g/mol. The van der Waals surface area contributed by atoms with Gasteiger partial charge in [0, 0.05) is 11.4 Å². The fourth-order valence-corrected chi connectivity index (χ4v) is 8.11. The van der Waals surface area contributed by atoms with Crippen LogP contribution >= 0.6 is 22.7 Å². The minimum atomic E-state index is -3.71. The summed E-state index contributed by atoms with van der Waals surface area (Å²) in [6, 6.07) is 11.7. The highest BCUT2D eigenvalue weighted by atomic mass is 32.3. The Kier molecular flexibility index (Phi) is 4.98. The lowest BCUT2D eigenvalue weighted by molar-refractivity contribution is 0.588. The Hall–Kier alpha value is -1.88. The molecule has 2 aromatic heterocycles. The largest absolute Gasteiger partial charge is 0.279 e. The number of nitrogens with zero attached hydrogens (tertiary/aromatic N) is 1. The lowest BCUT2D eigenvalue weighted by Gasteiger charge is -2.30. The molecule has 0 unspecified atom stereocenters. The van der Waals surface area contributed by atoms with Gasteiger partial charge >= 0.3 is 0 Å². The standard InChI is InChI=1S/C18H18N2O4S4/c1-13-6-9-18(26-13)27(21,22)19-15-8-7-14-4-2-10-20(16(14)12-15)28(23,24)17-5-3-11-25-17/h3,5-9,11-12,19H,2,4,10H2,1H3. The van der Waals surface area contributed by atoms with Gasteiger partial charge in [-0.15, -0.1) is 22.7 Å². The summed E-state index contributed by atoms with van der Waals surface area (Å²) in [5.41, 5.74) is 1.77. The Bertz CT molecular complexity index is 1210. The summed E-state index contributed by atoms with van der Waals surface area (Å²) in [6.07, 6.45) is 1.47. The normalized spacial score (nSPS) is 14.7. The third-order valence-electron chi connectivity index (χ3n) is 4.43. The zero-order valence-corrected chi connectivity index (χ0v) is 18.2. The molecule has 6 nitrogen and oxygen atoms in total. The van der Waals surface area contributed by atoms with Crippen LogP contribution in [0.1, 0.15) is 16.9 Å². The Morgan fingerprint density at radius 2 is 1.86 bits per heavy atom. The topological polar surface area (TPSA) is 83.6 Å². The van der Waals surface area contributed by atoms with E-state index in [-0.39, 0.29) is 8.42 Å². The summed E-state index contributed by atoms with van der Waals surface area (Å²) in [6.45, 7) is 2.21. The first-order valence-electron chi connectivity index (χ1n) is 8.56. The Morgan fingerprint density at radius 1 is 1.04 bits per heavy atom. The average Bonchev–Trinajstić information content (AvgIpc) is 3.33. The van der Waals surface area contributed by atoms with Crippen molar-refractivity contribution in [2.24, 2.45) is 0 Å². The smallest absolute Gasteiger partial charge is 0.273 e. The molecule has 1 aliphatic rings. The van der Waals surface area contributed by atoms with Crippen LogP contribution in [0.3, 0.4) is 0 Å². The Labute approximate surface area is 172 Å². The van der Waals surface area contributed by atoms with Crippen LogP contribution in [0.2, 0.25) is 0 Å². The number of rotatable bonds is 5. The SMILES string of the molecule is Cc1ccc(S(=O)(=O)Nc2ccc3c(c2)N(S(=O)(=O)c2cccs2)CCC3)s1. The zero-order chi connectivity index (χ0) is 19.9. The minimum absolute atomic E-state index is 0.228. The molecule has 1 aliphatic heterocycles. The van der Waals surface area contributed by atoms with Crippen molar-refractivity contribution in [1.29, 1.82) is 0 Å². The highest BCUT2D eigenvalue weighted by Gasteiger charge is 2.30. The van der Waals surface area contributed by atoms with Gasteiger partial charge in [0.05, 0.1) is 11.4 Å². The summed E-state index contributed by atoms with van der Waals surface area (Å²) in [5.74, 6) is 0. The molecule has 0 bridgehead atoms. The van der Waals surface area contributed by atoms with Gasteiger partial charge < -0.3 is 0 Å². The van der Waals surface area contributed by atoms with E-state index in [0.717, 1.165) is 23.3 Å². The lowest BCUT2D eigenvalue weighted by Crippen LogP contribution is -2.35. The molecule has 0 saturated heterocycles. The molecule has 0 fully saturated rings. The van der Waals surface area contributed by atoms with Crippen LogP contribution in [-0.2, 0) is 26.5 Å². The average molecular weight is 455 g/mol. The van der Waals surface area contributed by atoms with Crippen molar-refractivity contribution in [2.45, 2.75) is 28.2 Å². The van der Waals surface area contributed by atoms with Crippen molar-refractivity contribution in [2.75, 3.05) is 15.6 Å². The molecular weight excluding hydrogens is 436 g/mol. The van der Waals surface area contributed by atoms with Crippen LogP contribution < -0.4 is 9.03 Å². The molecule has 0 radical (unpaired) electrons. The van der Waals surface area contributed by atoms with E-state index < -0.39 is 20.0 Å². The number of benzene rings is 1. The highest BCUT2D eigenvalue weighted by molar-refractivity contribution is 7.95. The molecule has 3 heterocycles. The molecule has 0 atom stereocenters. The molecule has 4 rings (SSSR count). The quantitative estimate of drug-likeness (QED) is 0.630. The molecule has 0 spiro atoms. The maximum Gasteiger partial charge on any atom is 0.273 e. The van der Waals surface area contributed by atoms with E-state index in [2.05, 4.69) is 4.72 Å². The van der Waals surface area contributed by atoms with E-state index in [1.807, 2.05) is 6.92 Å². The highest BCUT2D eigenvalue weighted by Crippen LogP contribution is 2.36. The molecule has 3 aromatic rings. The van der Waals surface area contributed by atoms with Gasteiger partial charge in [-0.1, -0.05) is 12.1 Å². The molecule has 1 aromatic carbocycles. The molecule has 1 N–H and O–H groups in total. The predicted molar refractivity (Wildman–Crippen MR) is 113 cm³/mol. The van der Waals surface area contributed by atoms with Crippen LogP contribution in [0.15, 0.2) is 56.3 Å². The van der Waals surface area contributed by atoms with E-state index >= 15 is 0 Å². The number of thiophene rings is 2. The third-order valence-corrected chi connectivity index (χ3v) is 10.5. The first kappa shape index (κ1) is 19.4. The first-order valence-corrected chi connectivity index (χ1v) is 13.2. The summed E-state index contributed by atoms with van der Waals surface area (Å²) in [7, 11) is -7.38. The van der Waals surface area contributed by atoms with Gasteiger partial charge in [0.15, 0.2) is 0 Å². The molecule has 148 valence electrons. The molecule has 10 heteroatoms. The van der Waals surface area contributed by atoms with Crippen molar-refractivity contribution in [3.63, 3.8) is 0 Å². The van der Waals surface area contributed by atoms with Crippen LogP contribution in [0.25, 0.3) is 0 Å². The number of fused-ring (bicyclic) bond motifs is 1. The lowest BCUT2D eigenvalue weighted by atomic mass is 10.0. The third kappa shape index (κ3) is 3.57. The molecular formula is C18H18N2O4S4. The second-order valence-electron chi connectivity index (χ2n) is 6.43. The minimum Gasteiger partial charge on any atom is -0.279 e. The second-order valence-corrected chi connectivity index (χ2v) is 12.7. The van der Waals surface area contributed by atoms with Gasteiger partial charge in [-0.25, -0.2) is 16.8 Å². The van der Waals surface area contributed by atoms with E-state index in [0.29, 0.717) is 17.9 Å². The van der Waals surface area contributed by atoms with Crippen molar-refractivity contribution < 1.29 is 16.8 Å². The second kappa shape index (κ2) is 7.18. The predicted octanol–water partition coefficient (Wildman–Crippen LogP) is 4.06. The Morgan fingerprint density at radius 3 is 2.54 bits per heavy atom. The summed E-state index contributed by atoms with van der Waals surface area (Å²) >= 11 is 2.36. The van der Waals surface area contributed by atoms with Crippen molar-refractivity contribution in [3.05, 3.63) is 58.3 Å². The van der Waals surface area contributed by atoms with Gasteiger partial charge in [-0.05, 0) is 61.0 Å². The number of sulfonamides is 2. The van der Waals surface area contributed by atoms with E-state index in [9.17, 15) is 16.8 Å². The number of anilines is 2. The maximum atomic E-state index is 13.0. The van der Waals surface area contributed by atoms with Crippen molar-refractivity contribution in [1.82, 2.24) is 0 Å². The van der Waals surface area contributed by atoms with Gasteiger partial charge in [-0.2, -0.15) is 0 Å². The first-order chi connectivity index (χ1) is 13.3. The summed E-state index contributed by atoms with van der Waals surface area (Å²) in [5, 5.41) is 1.73.